The smallest absolute Gasteiger partial charge is 0.218 e. The summed E-state index contributed by atoms with van der Waals surface area (Å²) in [7, 11) is -4.94. The fourth-order valence-electron chi connectivity index (χ4n) is 3.84. The van der Waals surface area contributed by atoms with Gasteiger partial charge >= 0.3 is 0 Å². The number of aromatic hydroxyl groups is 1. The summed E-state index contributed by atoms with van der Waals surface area (Å²) in [5.41, 5.74) is 4.12. The molecular weight excluding hydrogens is 454 g/mol. The molecular formula is C27H20ClNO5. The number of hydrogen-bond acceptors (Lipinski definition) is 5. The normalized spacial score (nSPS) is 11.5. The van der Waals surface area contributed by atoms with E-state index in [1.165, 1.54) is 5.39 Å². The van der Waals surface area contributed by atoms with Crippen LogP contribution in [0, 0.1) is 10.2 Å². The highest BCUT2D eigenvalue weighted by molar-refractivity contribution is 5.95. The van der Waals surface area contributed by atoms with Crippen molar-refractivity contribution in [2.24, 2.45) is 0 Å². The minimum Gasteiger partial charge on any atom is -0.507 e. The molecule has 34 heavy (non-hydrogen) atoms. The van der Waals surface area contributed by atoms with Gasteiger partial charge in [-0.1, -0.05) is 60.7 Å². The van der Waals surface area contributed by atoms with E-state index in [0.29, 0.717) is 0 Å². The van der Waals surface area contributed by atoms with Crippen LogP contribution in [0.1, 0.15) is 11.3 Å². The fourth-order valence-corrected chi connectivity index (χ4v) is 3.84. The minimum atomic E-state index is -4.94. The Kier molecular flexibility index (Phi) is 6.88. The van der Waals surface area contributed by atoms with Gasteiger partial charge in [-0.2, -0.15) is 4.57 Å². The number of benzene rings is 4. The van der Waals surface area contributed by atoms with E-state index in [4.69, 9.17) is 18.6 Å². The second kappa shape index (κ2) is 10.0. The van der Waals surface area contributed by atoms with E-state index in [1.807, 2.05) is 48.5 Å². The van der Waals surface area contributed by atoms with E-state index in [-0.39, 0.29) is 5.75 Å². The summed E-state index contributed by atoms with van der Waals surface area (Å²) < 4.78 is 36.2. The molecule has 6 nitrogen and oxygen atoms in total. The summed E-state index contributed by atoms with van der Waals surface area (Å²) >= 11 is 0. The van der Waals surface area contributed by atoms with Crippen LogP contribution in [0.25, 0.3) is 39.5 Å². The predicted octanol–water partition coefficient (Wildman–Crippen LogP) is 1.39. The van der Waals surface area contributed by atoms with Crippen molar-refractivity contribution in [3.8, 4) is 11.4 Å². The summed E-state index contributed by atoms with van der Waals surface area (Å²) in [6, 6.07) is 34.8. The van der Waals surface area contributed by atoms with Gasteiger partial charge < -0.3 is 5.11 Å². The number of rotatable bonds is 3. The van der Waals surface area contributed by atoms with E-state index in [0.717, 1.165) is 33.2 Å². The average Bonchev–Trinajstić information content (AvgIpc) is 2.82. The lowest BCUT2D eigenvalue weighted by Crippen LogP contribution is -2.68. The number of nitrogens with zero attached hydrogens (tertiary/aromatic N) is 1. The van der Waals surface area contributed by atoms with Crippen LogP contribution in [-0.2, 0) is 0 Å². The third kappa shape index (κ3) is 5.58. The summed E-state index contributed by atoms with van der Waals surface area (Å²) in [6.45, 7) is 0. The quantitative estimate of drug-likeness (QED) is 0.397. The molecule has 1 N–H and O–H groups in total. The first kappa shape index (κ1) is 23.4. The van der Waals surface area contributed by atoms with Crippen LogP contribution in [0.4, 0.5) is 0 Å². The molecule has 0 unspecified atom stereocenters. The van der Waals surface area contributed by atoms with Crippen LogP contribution < -0.4 is 23.2 Å². The predicted molar refractivity (Wildman–Crippen MR) is 120 cm³/mol. The van der Waals surface area contributed by atoms with Gasteiger partial charge in [0.1, 0.15) is 5.75 Å². The van der Waals surface area contributed by atoms with Crippen molar-refractivity contribution >= 4 is 33.8 Å². The van der Waals surface area contributed by atoms with Crippen LogP contribution in [0.15, 0.2) is 103 Å². The van der Waals surface area contributed by atoms with Gasteiger partial charge in [-0.3, -0.25) is 0 Å². The second-order valence-corrected chi connectivity index (χ2v) is 8.17. The zero-order chi connectivity index (χ0) is 24.1. The number of aromatic nitrogens is 1. The lowest BCUT2D eigenvalue weighted by atomic mass is 10.0. The van der Waals surface area contributed by atoms with Crippen molar-refractivity contribution in [2.45, 2.75) is 0 Å². The molecule has 0 aliphatic carbocycles. The Balaban J connectivity index is 0.000000499. The van der Waals surface area contributed by atoms with E-state index in [1.54, 1.807) is 6.07 Å². The molecule has 0 bridgehead atoms. The van der Waals surface area contributed by atoms with Crippen LogP contribution in [0.2, 0.25) is 0 Å². The van der Waals surface area contributed by atoms with Gasteiger partial charge in [-0.15, -0.1) is 10.2 Å². The highest BCUT2D eigenvalue weighted by Gasteiger charge is 2.16. The number of para-hydroxylation sites is 2. The maximum atomic E-state index is 10.5. The molecule has 5 rings (SSSR count). The lowest BCUT2D eigenvalue weighted by Gasteiger charge is -2.17. The van der Waals surface area contributed by atoms with Crippen LogP contribution in [0.3, 0.4) is 0 Å². The van der Waals surface area contributed by atoms with Gasteiger partial charge in [0.05, 0.1) is 0 Å². The van der Waals surface area contributed by atoms with Crippen molar-refractivity contribution in [1.29, 1.82) is 0 Å². The van der Waals surface area contributed by atoms with Gasteiger partial charge in [0.15, 0.2) is 0 Å². The Morgan fingerprint density at radius 3 is 1.94 bits per heavy atom. The summed E-state index contributed by atoms with van der Waals surface area (Å²) in [4.78, 5) is 0. The average molecular weight is 474 g/mol. The lowest BCUT2D eigenvalue weighted by molar-refractivity contribution is -2.00. The first-order chi connectivity index (χ1) is 16.3. The van der Waals surface area contributed by atoms with Crippen molar-refractivity contribution in [1.82, 2.24) is 0 Å². The van der Waals surface area contributed by atoms with E-state index in [9.17, 15) is 5.11 Å². The molecule has 0 radical (unpaired) electrons. The number of fused-ring (bicyclic) bond motifs is 2. The van der Waals surface area contributed by atoms with E-state index in [2.05, 4.69) is 65.2 Å². The van der Waals surface area contributed by atoms with Crippen molar-refractivity contribution in [3.63, 3.8) is 0 Å². The fraction of sp³-hybridized carbons (Fsp3) is 0. The van der Waals surface area contributed by atoms with Gasteiger partial charge in [0.25, 0.3) is 0 Å². The van der Waals surface area contributed by atoms with Gasteiger partial charge in [0, 0.05) is 41.3 Å². The molecule has 0 saturated heterocycles. The van der Waals surface area contributed by atoms with Crippen molar-refractivity contribution in [2.75, 3.05) is 0 Å². The Hall–Kier alpha value is -3.78. The minimum absolute atomic E-state index is 0.284. The molecule has 7 heteroatoms. The topological polar surface area (TPSA) is 116 Å². The molecule has 0 amide bonds. The Morgan fingerprint density at radius 1 is 0.618 bits per heavy atom. The SMILES string of the molecule is Oc1ccc2ccccc2c1/C=C/c1ccc2ccccc2[n+]1-c1ccccc1.[O-][Cl+3]([O-])([O-])[O-]. The largest absolute Gasteiger partial charge is 0.507 e. The number of hydrogen-bond donors (Lipinski definition) is 1. The summed E-state index contributed by atoms with van der Waals surface area (Å²) in [5.74, 6) is 0.284. The second-order valence-electron chi connectivity index (χ2n) is 7.42. The molecule has 5 aromatic rings. The third-order valence-electron chi connectivity index (χ3n) is 5.25. The maximum Gasteiger partial charge on any atom is 0.218 e. The Morgan fingerprint density at radius 2 is 1.21 bits per heavy atom. The molecule has 0 spiro atoms. The molecule has 0 saturated carbocycles. The first-order valence-corrected chi connectivity index (χ1v) is 11.5. The molecule has 0 fully saturated rings. The standard InChI is InChI=1S/C27H19NO.ClHO4/c29-27-19-15-20-8-4-6-12-24(20)25(27)18-17-23-16-14-21-9-5-7-13-26(21)28(23)22-10-2-1-3-11-22;2-1(3,4)5/h1-19H;(H,2,3,4,5). The zero-order valence-electron chi connectivity index (χ0n) is 17.9. The Labute approximate surface area is 198 Å². The van der Waals surface area contributed by atoms with Crippen molar-refractivity contribution < 1.29 is 38.6 Å². The molecule has 170 valence electrons. The first-order valence-electron chi connectivity index (χ1n) is 10.3. The maximum absolute atomic E-state index is 10.5. The number of phenols is 1. The van der Waals surface area contributed by atoms with Crippen molar-refractivity contribution in [3.05, 3.63) is 114 Å². The van der Waals surface area contributed by atoms with Crippen LogP contribution in [-0.4, -0.2) is 5.11 Å². The highest BCUT2D eigenvalue weighted by atomic mass is 35.7. The van der Waals surface area contributed by atoms with Crippen LogP contribution >= 0.6 is 0 Å². The monoisotopic (exact) mass is 473 g/mol. The van der Waals surface area contributed by atoms with Gasteiger partial charge in [-0.25, -0.2) is 18.6 Å². The summed E-state index contributed by atoms with van der Waals surface area (Å²) in [6.07, 6.45) is 4.07. The van der Waals surface area contributed by atoms with Gasteiger partial charge in [0.2, 0.25) is 16.9 Å². The van der Waals surface area contributed by atoms with Crippen LogP contribution in [0.5, 0.6) is 5.75 Å². The number of pyridine rings is 1. The zero-order valence-corrected chi connectivity index (χ0v) is 18.6. The van der Waals surface area contributed by atoms with E-state index >= 15 is 0 Å². The van der Waals surface area contributed by atoms with E-state index < -0.39 is 10.2 Å². The Bertz CT molecular complexity index is 1460. The molecule has 1 heterocycles. The van der Waals surface area contributed by atoms with Gasteiger partial charge in [-0.05, 0) is 35.0 Å². The summed E-state index contributed by atoms with van der Waals surface area (Å²) in [5, 5.41) is 13.8. The molecule has 0 aliphatic rings. The molecule has 4 aromatic carbocycles. The number of halogens is 1. The highest BCUT2D eigenvalue weighted by Crippen LogP contribution is 2.29. The number of phenolic OH excluding ortho intramolecular Hbond substituents is 1. The molecule has 0 aliphatic heterocycles. The third-order valence-corrected chi connectivity index (χ3v) is 5.25. The molecule has 1 aromatic heterocycles. The molecule has 0 atom stereocenters.